The molecule has 0 spiro atoms. The minimum absolute atomic E-state index is 0.0703. The molecule has 34 heavy (non-hydrogen) atoms. The Morgan fingerprint density at radius 3 is 2.65 bits per heavy atom. The van der Waals surface area contributed by atoms with Crippen LogP contribution in [0.3, 0.4) is 0 Å². The van der Waals surface area contributed by atoms with E-state index in [4.69, 9.17) is 4.42 Å². The zero-order chi connectivity index (χ0) is 23.8. The molecule has 9 heteroatoms. The number of hydrogen-bond donors (Lipinski definition) is 1. The molecule has 0 aliphatic carbocycles. The summed E-state index contributed by atoms with van der Waals surface area (Å²) in [4.78, 5) is 25.3. The first-order valence-electron chi connectivity index (χ1n) is 11.3. The molecule has 3 heterocycles. The van der Waals surface area contributed by atoms with Crippen LogP contribution in [0, 0.1) is 0 Å². The summed E-state index contributed by atoms with van der Waals surface area (Å²) in [5, 5.41) is 21.0. The molecule has 0 saturated carbocycles. The van der Waals surface area contributed by atoms with Crippen molar-refractivity contribution < 1.29 is 9.52 Å². The van der Waals surface area contributed by atoms with Crippen molar-refractivity contribution in [2.45, 2.75) is 50.6 Å². The van der Waals surface area contributed by atoms with Gasteiger partial charge in [-0.3, -0.25) is 13.8 Å². The van der Waals surface area contributed by atoms with E-state index in [9.17, 15) is 14.7 Å². The lowest BCUT2D eigenvalue weighted by Gasteiger charge is -2.11. The van der Waals surface area contributed by atoms with E-state index in [-0.39, 0.29) is 11.3 Å². The van der Waals surface area contributed by atoms with E-state index < -0.39 is 5.63 Å². The Kier molecular flexibility index (Phi) is 5.87. The third kappa shape index (κ3) is 3.75. The van der Waals surface area contributed by atoms with Gasteiger partial charge in [-0.1, -0.05) is 44.2 Å². The second-order valence-electron chi connectivity index (χ2n) is 8.16. The summed E-state index contributed by atoms with van der Waals surface area (Å²) in [7, 11) is 0. The molecule has 5 rings (SSSR count). The molecule has 2 aromatic carbocycles. The number of aryl methyl sites for hydroxylation is 2. The van der Waals surface area contributed by atoms with Gasteiger partial charge in [0, 0.05) is 29.8 Å². The van der Waals surface area contributed by atoms with Crippen LogP contribution in [-0.4, -0.2) is 24.3 Å². The van der Waals surface area contributed by atoms with Gasteiger partial charge in [-0.05, 0) is 42.2 Å². The van der Waals surface area contributed by atoms with E-state index in [0.29, 0.717) is 40.6 Å². The van der Waals surface area contributed by atoms with Gasteiger partial charge in [0.05, 0.1) is 10.9 Å². The number of phenolic OH excluding ortho intramolecular Hbond substituents is 1. The summed E-state index contributed by atoms with van der Waals surface area (Å²) in [6.45, 7) is 4.61. The number of hydrogen-bond acceptors (Lipinski definition) is 7. The quantitative estimate of drug-likeness (QED) is 0.272. The minimum atomic E-state index is -0.475. The Balaban J connectivity index is 1.62. The zero-order valence-corrected chi connectivity index (χ0v) is 19.8. The van der Waals surface area contributed by atoms with Crippen LogP contribution in [0.2, 0.25) is 0 Å². The molecule has 3 aromatic heterocycles. The number of phenols is 1. The Morgan fingerprint density at radius 2 is 1.85 bits per heavy atom. The molecule has 0 saturated heterocycles. The molecule has 174 valence electrons. The molecule has 0 unspecified atom stereocenters. The molecule has 0 atom stereocenters. The lowest BCUT2D eigenvalue weighted by Crippen LogP contribution is -2.23. The number of para-hydroxylation sites is 1. The number of fused-ring (bicyclic) bond motifs is 4. The van der Waals surface area contributed by atoms with Crippen LogP contribution in [-0.2, 0) is 18.7 Å². The fraction of sp³-hybridized carbons (Fsp3) is 0.280. The largest absolute Gasteiger partial charge is 0.508 e. The topological polar surface area (TPSA) is 103 Å². The maximum Gasteiger partial charge on any atom is 0.336 e. The first-order valence-corrected chi connectivity index (χ1v) is 12.3. The minimum Gasteiger partial charge on any atom is -0.508 e. The molecule has 0 bridgehead atoms. The molecule has 0 fully saturated rings. The van der Waals surface area contributed by atoms with E-state index in [0.717, 1.165) is 34.9 Å². The van der Waals surface area contributed by atoms with E-state index >= 15 is 0 Å². The number of nitrogens with zero attached hydrogens (tertiary/aromatic N) is 4. The van der Waals surface area contributed by atoms with Crippen molar-refractivity contribution in [3.05, 3.63) is 74.4 Å². The molecule has 5 aromatic rings. The molecule has 0 aliphatic rings. The summed E-state index contributed by atoms with van der Waals surface area (Å²) in [5.74, 6) is 1.07. The van der Waals surface area contributed by atoms with Crippen molar-refractivity contribution in [3.63, 3.8) is 0 Å². The summed E-state index contributed by atoms with van der Waals surface area (Å²) in [5.41, 5.74) is 2.12. The van der Waals surface area contributed by atoms with E-state index in [1.54, 1.807) is 4.57 Å². The van der Waals surface area contributed by atoms with Crippen LogP contribution in [0.15, 0.2) is 61.6 Å². The Morgan fingerprint density at radius 1 is 1.03 bits per heavy atom. The van der Waals surface area contributed by atoms with E-state index in [1.807, 2.05) is 41.7 Å². The van der Waals surface area contributed by atoms with Gasteiger partial charge in [0.15, 0.2) is 5.16 Å². The van der Waals surface area contributed by atoms with Gasteiger partial charge in [0.25, 0.3) is 5.56 Å². The fourth-order valence-corrected chi connectivity index (χ4v) is 5.13. The van der Waals surface area contributed by atoms with E-state index in [1.165, 1.54) is 23.9 Å². The summed E-state index contributed by atoms with van der Waals surface area (Å²) < 4.78 is 8.91. The van der Waals surface area contributed by atoms with Crippen LogP contribution in [0.1, 0.15) is 37.8 Å². The number of unbranched alkanes of at least 4 members (excludes halogenated alkanes) is 1. The van der Waals surface area contributed by atoms with Gasteiger partial charge in [-0.25, -0.2) is 4.79 Å². The van der Waals surface area contributed by atoms with Gasteiger partial charge in [-0.15, -0.1) is 10.2 Å². The normalized spacial score (nSPS) is 11.7. The second kappa shape index (κ2) is 8.98. The maximum atomic E-state index is 13.1. The predicted octanol–water partition coefficient (Wildman–Crippen LogP) is 4.51. The highest BCUT2D eigenvalue weighted by atomic mass is 32.2. The van der Waals surface area contributed by atoms with Gasteiger partial charge in [-0.2, -0.15) is 0 Å². The molecular formula is C25H24N4O4S. The van der Waals surface area contributed by atoms with Crippen LogP contribution < -0.4 is 11.2 Å². The fourth-order valence-electron chi connectivity index (χ4n) is 4.20. The van der Waals surface area contributed by atoms with Crippen molar-refractivity contribution in [1.29, 1.82) is 0 Å². The smallest absolute Gasteiger partial charge is 0.336 e. The average molecular weight is 477 g/mol. The highest BCUT2D eigenvalue weighted by molar-refractivity contribution is 7.98. The van der Waals surface area contributed by atoms with Gasteiger partial charge in [0.1, 0.15) is 11.3 Å². The molecule has 0 amide bonds. The van der Waals surface area contributed by atoms with Gasteiger partial charge < -0.3 is 9.52 Å². The third-order valence-corrected chi connectivity index (χ3v) is 6.96. The Labute approximate surface area is 198 Å². The zero-order valence-electron chi connectivity index (χ0n) is 18.9. The molecule has 1 N–H and O–H groups in total. The number of rotatable bonds is 7. The Bertz CT molecular complexity index is 1650. The third-order valence-electron chi connectivity index (χ3n) is 5.98. The summed E-state index contributed by atoms with van der Waals surface area (Å²) in [6.07, 6.45) is 2.48. The van der Waals surface area contributed by atoms with Crippen LogP contribution in [0.5, 0.6) is 5.75 Å². The lowest BCUT2D eigenvalue weighted by atomic mass is 10.1. The summed E-state index contributed by atoms with van der Waals surface area (Å²) >= 11 is 1.44. The first kappa shape index (κ1) is 22.2. The highest BCUT2D eigenvalue weighted by Crippen LogP contribution is 2.31. The number of aromatic nitrogens is 4. The van der Waals surface area contributed by atoms with Crippen molar-refractivity contribution in [2.75, 3.05) is 0 Å². The molecule has 0 aliphatic heterocycles. The van der Waals surface area contributed by atoms with Gasteiger partial charge >= 0.3 is 5.63 Å². The summed E-state index contributed by atoms with van der Waals surface area (Å²) in [6, 6.07) is 12.3. The maximum absolute atomic E-state index is 13.1. The monoisotopic (exact) mass is 476 g/mol. The lowest BCUT2D eigenvalue weighted by molar-refractivity contribution is 0.466. The predicted molar refractivity (Wildman–Crippen MR) is 133 cm³/mol. The van der Waals surface area contributed by atoms with Crippen LogP contribution in [0.4, 0.5) is 0 Å². The van der Waals surface area contributed by atoms with Gasteiger partial charge in [0.2, 0.25) is 5.78 Å². The average Bonchev–Trinajstić information content (AvgIpc) is 3.26. The van der Waals surface area contributed by atoms with Crippen LogP contribution >= 0.6 is 11.8 Å². The number of aromatic hydroxyl groups is 1. The van der Waals surface area contributed by atoms with E-state index in [2.05, 4.69) is 17.1 Å². The van der Waals surface area contributed by atoms with Crippen molar-refractivity contribution in [2.24, 2.45) is 0 Å². The standard InChI is InChI=1S/C25H24N4O4S/c1-3-5-10-28-23(32)17-8-6-7-9-19(17)29-24(28)26-27-25(29)34-14-16-12-22(31)33-21-13-20(30)15(4-2)11-18(16)21/h6-9,11-13,30H,3-5,10,14H2,1-2H3. The van der Waals surface area contributed by atoms with Crippen molar-refractivity contribution in [3.8, 4) is 5.75 Å². The van der Waals surface area contributed by atoms with Crippen molar-refractivity contribution >= 4 is 39.4 Å². The first-order chi connectivity index (χ1) is 16.5. The number of thioether (sulfide) groups is 1. The van der Waals surface area contributed by atoms with Crippen molar-refractivity contribution in [1.82, 2.24) is 19.2 Å². The molecule has 0 radical (unpaired) electrons. The molecule has 8 nitrogen and oxygen atoms in total. The van der Waals surface area contributed by atoms with Crippen LogP contribution in [0.25, 0.3) is 27.6 Å². The Hall–Kier alpha value is -3.59. The highest BCUT2D eigenvalue weighted by Gasteiger charge is 2.18. The SMILES string of the molecule is CCCCn1c(=O)c2ccccc2n2c(SCc3cc(=O)oc4cc(O)c(CC)cc34)nnc12. The number of benzene rings is 2. The second-order valence-corrected chi connectivity index (χ2v) is 9.10. The molecular weight excluding hydrogens is 452 g/mol.